The first-order valence-electron chi connectivity index (χ1n) is 7.92. The van der Waals surface area contributed by atoms with E-state index in [2.05, 4.69) is 4.98 Å². The Balaban J connectivity index is 2.04. The summed E-state index contributed by atoms with van der Waals surface area (Å²) >= 11 is 0. The Kier molecular flexibility index (Phi) is 5.69. The number of aromatic nitrogens is 1. The molecule has 2 rings (SSSR count). The fourth-order valence-corrected chi connectivity index (χ4v) is 2.95. The Labute approximate surface area is 139 Å². The van der Waals surface area contributed by atoms with Gasteiger partial charge in [0.2, 0.25) is 0 Å². The van der Waals surface area contributed by atoms with Gasteiger partial charge >= 0.3 is 12.1 Å². The lowest BCUT2D eigenvalue weighted by molar-refractivity contribution is -0.145. The molecule has 0 saturated carbocycles. The molecule has 0 radical (unpaired) electrons. The first kappa shape index (κ1) is 18.5. The lowest BCUT2D eigenvalue weighted by Gasteiger charge is -2.44. The highest BCUT2D eigenvalue weighted by molar-refractivity contribution is 5.71. The molecule has 0 unspecified atom stereocenters. The van der Waals surface area contributed by atoms with Crippen molar-refractivity contribution in [2.45, 2.75) is 39.0 Å². The van der Waals surface area contributed by atoms with Crippen molar-refractivity contribution in [3.63, 3.8) is 0 Å². The minimum atomic E-state index is -4.38. The first-order chi connectivity index (χ1) is 11.2. The third-order valence-corrected chi connectivity index (χ3v) is 4.12. The number of anilines is 1. The minimum Gasteiger partial charge on any atom is -0.465 e. The Morgan fingerprint density at radius 3 is 2.38 bits per heavy atom. The Morgan fingerprint density at radius 1 is 1.29 bits per heavy atom. The molecular weight excluding hydrogens is 323 g/mol. The lowest BCUT2D eigenvalue weighted by atomic mass is 10.1. The lowest BCUT2D eigenvalue weighted by Crippen LogP contribution is -2.58. The maximum absolute atomic E-state index is 12.6. The van der Waals surface area contributed by atoms with E-state index in [4.69, 9.17) is 4.74 Å². The molecule has 0 aliphatic carbocycles. The maximum Gasteiger partial charge on any atom is 0.417 e. The third kappa shape index (κ3) is 4.37. The van der Waals surface area contributed by atoms with Gasteiger partial charge in [0.15, 0.2) is 0 Å². The second kappa shape index (κ2) is 7.38. The summed E-state index contributed by atoms with van der Waals surface area (Å²) in [6.07, 6.45) is -3.53. The van der Waals surface area contributed by atoms with E-state index in [0.717, 1.165) is 12.3 Å². The average molecular weight is 345 g/mol. The number of pyridine rings is 1. The van der Waals surface area contributed by atoms with Gasteiger partial charge in [0.05, 0.1) is 18.7 Å². The number of esters is 1. The molecule has 1 aromatic heterocycles. The zero-order valence-corrected chi connectivity index (χ0v) is 14.0. The summed E-state index contributed by atoms with van der Waals surface area (Å²) in [5, 5.41) is 0. The Hall–Kier alpha value is -1.83. The predicted molar refractivity (Wildman–Crippen MR) is 83.7 cm³/mol. The highest BCUT2D eigenvalue weighted by Gasteiger charge is 2.33. The molecule has 1 fully saturated rings. The highest BCUT2D eigenvalue weighted by atomic mass is 19.4. The van der Waals surface area contributed by atoms with Crippen LogP contribution in [0.2, 0.25) is 0 Å². The molecule has 1 aromatic rings. The molecule has 1 aliphatic rings. The number of halogens is 3. The molecule has 134 valence electrons. The summed E-state index contributed by atoms with van der Waals surface area (Å²) < 4.78 is 42.8. The van der Waals surface area contributed by atoms with E-state index in [0.29, 0.717) is 25.5 Å². The second-order valence-corrected chi connectivity index (χ2v) is 5.98. The van der Waals surface area contributed by atoms with Crippen LogP contribution in [0.15, 0.2) is 18.3 Å². The van der Waals surface area contributed by atoms with Gasteiger partial charge in [-0.2, -0.15) is 13.2 Å². The summed E-state index contributed by atoms with van der Waals surface area (Å²) in [6, 6.07) is 2.55. The third-order valence-electron chi connectivity index (χ3n) is 4.12. The number of piperazine rings is 1. The number of rotatable bonds is 4. The molecule has 0 amide bonds. The summed E-state index contributed by atoms with van der Waals surface area (Å²) in [5.41, 5.74) is -0.756. The molecule has 2 heterocycles. The average Bonchev–Trinajstić information content (AvgIpc) is 2.50. The zero-order valence-electron chi connectivity index (χ0n) is 14.0. The van der Waals surface area contributed by atoms with Crippen molar-refractivity contribution in [2.75, 3.05) is 31.1 Å². The van der Waals surface area contributed by atoms with E-state index in [1.165, 1.54) is 6.07 Å². The second-order valence-electron chi connectivity index (χ2n) is 5.98. The number of hydrogen-bond donors (Lipinski definition) is 0. The molecule has 5 nitrogen and oxygen atoms in total. The molecule has 0 spiro atoms. The van der Waals surface area contributed by atoms with Crippen molar-refractivity contribution in [3.05, 3.63) is 23.9 Å². The quantitative estimate of drug-likeness (QED) is 0.785. The number of alkyl halides is 3. The van der Waals surface area contributed by atoms with E-state index in [9.17, 15) is 18.0 Å². The van der Waals surface area contributed by atoms with E-state index < -0.39 is 11.7 Å². The van der Waals surface area contributed by atoms with Crippen LogP contribution in [0.3, 0.4) is 0 Å². The molecule has 0 bridgehead atoms. The summed E-state index contributed by atoms with van der Waals surface area (Å²) in [5.74, 6) is 0.245. The number of hydrogen-bond acceptors (Lipinski definition) is 5. The molecule has 1 aliphatic heterocycles. The fraction of sp³-hybridized carbons (Fsp3) is 0.625. The van der Waals surface area contributed by atoms with Crippen molar-refractivity contribution < 1.29 is 22.7 Å². The molecule has 0 N–H and O–H groups in total. The standard InChI is InChI=1S/C16H22F3N3O2/c1-4-24-15(23)10-22-11(2)8-21(9-12(22)3)14-6-5-13(7-20-14)16(17,18)19/h5-7,11-12H,4,8-10H2,1-3H3/t11-,12+. The van der Waals surface area contributed by atoms with Crippen LogP contribution in [-0.4, -0.2) is 54.2 Å². The van der Waals surface area contributed by atoms with E-state index in [-0.39, 0.29) is 24.6 Å². The van der Waals surface area contributed by atoms with Crippen molar-refractivity contribution in [1.29, 1.82) is 0 Å². The number of carbonyl (C=O) groups is 1. The topological polar surface area (TPSA) is 45.7 Å². The summed E-state index contributed by atoms with van der Waals surface area (Å²) in [6.45, 7) is 7.45. The summed E-state index contributed by atoms with van der Waals surface area (Å²) in [4.78, 5) is 19.6. The maximum atomic E-state index is 12.6. The smallest absolute Gasteiger partial charge is 0.417 e. The van der Waals surface area contributed by atoms with Crippen molar-refractivity contribution in [1.82, 2.24) is 9.88 Å². The first-order valence-corrected chi connectivity index (χ1v) is 7.92. The van der Waals surface area contributed by atoms with Gasteiger partial charge in [0.1, 0.15) is 5.82 Å². The highest BCUT2D eigenvalue weighted by Crippen LogP contribution is 2.30. The van der Waals surface area contributed by atoms with Crippen LogP contribution in [0, 0.1) is 0 Å². The summed E-state index contributed by atoms with van der Waals surface area (Å²) in [7, 11) is 0. The molecular formula is C16H22F3N3O2. The van der Waals surface area contributed by atoms with Crippen LogP contribution in [0.1, 0.15) is 26.3 Å². The number of carbonyl (C=O) groups excluding carboxylic acids is 1. The minimum absolute atomic E-state index is 0.0576. The largest absolute Gasteiger partial charge is 0.465 e. The normalized spacial score (nSPS) is 22.5. The molecule has 0 aromatic carbocycles. The van der Waals surface area contributed by atoms with Crippen LogP contribution in [0.5, 0.6) is 0 Å². The number of ether oxygens (including phenoxy) is 1. The van der Waals surface area contributed by atoms with Crippen LogP contribution in [0.25, 0.3) is 0 Å². The van der Waals surface area contributed by atoms with E-state index >= 15 is 0 Å². The van der Waals surface area contributed by atoms with Crippen LogP contribution in [0.4, 0.5) is 19.0 Å². The van der Waals surface area contributed by atoms with Gasteiger partial charge in [-0.05, 0) is 32.9 Å². The van der Waals surface area contributed by atoms with Gasteiger partial charge < -0.3 is 9.64 Å². The van der Waals surface area contributed by atoms with Gasteiger partial charge in [0, 0.05) is 31.4 Å². The van der Waals surface area contributed by atoms with Crippen LogP contribution in [-0.2, 0) is 15.7 Å². The fourth-order valence-electron chi connectivity index (χ4n) is 2.95. The predicted octanol–water partition coefficient (Wildman–Crippen LogP) is 2.56. The monoisotopic (exact) mass is 345 g/mol. The number of nitrogens with zero attached hydrogens (tertiary/aromatic N) is 3. The molecule has 2 atom stereocenters. The Bertz CT molecular complexity index is 551. The van der Waals surface area contributed by atoms with Crippen molar-refractivity contribution >= 4 is 11.8 Å². The van der Waals surface area contributed by atoms with E-state index in [1.807, 2.05) is 23.6 Å². The van der Waals surface area contributed by atoms with E-state index in [1.54, 1.807) is 6.92 Å². The van der Waals surface area contributed by atoms with Crippen LogP contribution >= 0.6 is 0 Å². The molecule has 24 heavy (non-hydrogen) atoms. The van der Waals surface area contributed by atoms with Crippen molar-refractivity contribution in [3.8, 4) is 0 Å². The van der Waals surface area contributed by atoms with Gasteiger partial charge in [-0.15, -0.1) is 0 Å². The van der Waals surface area contributed by atoms with Crippen LogP contribution < -0.4 is 4.90 Å². The van der Waals surface area contributed by atoms with Gasteiger partial charge in [-0.1, -0.05) is 0 Å². The Morgan fingerprint density at radius 2 is 1.92 bits per heavy atom. The van der Waals surface area contributed by atoms with Gasteiger partial charge in [-0.25, -0.2) is 4.98 Å². The zero-order chi connectivity index (χ0) is 17.9. The van der Waals surface area contributed by atoms with Gasteiger partial charge in [0.25, 0.3) is 0 Å². The van der Waals surface area contributed by atoms with Crippen molar-refractivity contribution in [2.24, 2.45) is 0 Å². The van der Waals surface area contributed by atoms with Gasteiger partial charge in [-0.3, -0.25) is 9.69 Å². The SMILES string of the molecule is CCOC(=O)CN1[C@H](C)CN(c2ccc(C(F)(F)F)cn2)C[C@@H]1C. The molecule has 8 heteroatoms. The molecule has 1 saturated heterocycles.